The largest absolute Gasteiger partial charge is 0.457 e. The van der Waals surface area contributed by atoms with Gasteiger partial charge in [-0.2, -0.15) is 0 Å². The van der Waals surface area contributed by atoms with Gasteiger partial charge in [-0.1, -0.05) is 18.2 Å². The third kappa shape index (κ3) is 5.39. The SMILES string of the molecule is Cc1ncsc1CCC(=O)N1CCC[C@H](C(=O)c2ccc(Oc3ccccc3)cc2)C1. The molecule has 3 aromatic rings. The van der Waals surface area contributed by atoms with Crippen LogP contribution in [0, 0.1) is 12.8 Å². The van der Waals surface area contributed by atoms with Crippen LogP contribution >= 0.6 is 11.3 Å². The van der Waals surface area contributed by atoms with Crippen LogP contribution in [0.25, 0.3) is 0 Å². The molecule has 0 aliphatic carbocycles. The maximum absolute atomic E-state index is 13.0. The zero-order chi connectivity index (χ0) is 21.6. The molecule has 2 heterocycles. The number of amides is 1. The molecule has 0 unspecified atom stereocenters. The Morgan fingerprint density at radius 2 is 1.84 bits per heavy atom. The highest BCUT2D eigenvalue weighted by Gasteiger charge is 2.29. The Balaban J connectivity index is 1.33. The third-order valence-corrected chi connectivity index (χ3v) is 6.67. The number of piperidine rings is 1. The summed E-state index contributed by atoms with van der Waals surface area (Å²) in [6.45, 7) is 3.21. The van der Waals surface area contributed by atoms with Gasteiger partial charge in [0.2, 0.25) is 5.91 Å². The molecule has 5 nitrogen and oxygen atoms in total. The normalized spacial score (nSPS) is 16.2. The molecule has 0 spiro atoms. The zero-order valence-corrected chi connectivity index (χ0v) is 18.4. The number of ether oxygens (including phenoxy) is 1. The summed E-state index contributed by atoms with van der Waals surface area (Å²) in [5.74, 6) is 1.53. The van der Waals surface area contributed by atoms with Gasteiger partial charge in [0.25, 0.3) is 0 Å². The molecule has 6 heteroatoms. The molecule has 0 N–H and O–H groups in total. The van der Waals surface area contributed by atoms with Crippen LogP contribution in [0.1, 0.15) is 40.2 Å². The van der Waals surface area contributed by atoms with Crippen molar-refractivity contribution in [3.05, 3.63) is 76.2 Å². The van der Waals surface area contributed by atoms with E-state index in [9.17, 15) is 9.59 Å². The Morgan fingerprint density at radius 1 is 1.10 bits per heavy atom. The molecule has 2 aromatic carbocycles. The lowest BCUT2D eigenvalue weighted by Crippen LogP contribution is -2.42. The Morgan fingerprint density at radius 3 is 2.55 bits per heavy atom. The van der Waals surface area contributed by atoms with Gasteiger partial charge in [-0.3, -0.25) is 9.59 Å². The summed E-state index contributed by atoms with van der Waals surface area (Å²) >= 11 is 1.60. The maximum atomic E-state index is 13.0. The summed E-state index contributed by atoms with van der Waals surface area (Å²) in [4.78, 5) is 33.0. The number of hydrogen-bond acceptors (Lipinski definition) is 5. The van der Waals surface area contributed by atoms with Crippen LogP contribution in [0.15, 0.2) is 60.1 Å². The molecular weight excluding hydrogens is 408 g/mol. The number of carbonyl (C=O) groups excluding carboxylic acids is 2. The second-order valence-corrected chi connectivity index (χ2v) is 8.78. The van der Waals surface area contributed by atoms with Crippen molar-refractivity contribution in [1.29, 1.82) is 0 Å². The van der Waals surface area contributed by atoms with E-state index in [1.807, 2.05) is 71.9 Å². The Bertz CT molecular complexity index is 1030. The van der Waals surface area contributed by atoms with Crippen LogP contribution in [-0.4, -0.2) is 34.7 Å². The molecule has 1 aliphatic heterocycles. The van der Waals surface area contributed by atoms with Crippen molar-refractivity contribution in [2.75, 3.05) is 13.1 Å². The number of benzene rings is 2. The number of para-hydroxylation sites is 1. The lowest BCUT2D eigenvalue weighted by molar-refractivity contribution is -0.132. The van der Waals surface area contributed by atoms with Crippen molar-refractivity contribution in [1.82, 2.24) is 9.88 Å². The summed E-state index contributed by atoms with van der Waals surface area (Å²) < 4.78 is 5.81. The van der Waals surface area contributed by atoms with E-state index in [2.05, 4.69) is 4.98 Å². The minimum Gasteiger partial charge on any atom is -0.457 e. The number of ketones is 1. The van der Waals surface area contributed by atoms with Gasteiger partial charge in [0, 0.05) is 35.9 Å². The highest BCUT2D eigenvalue weighted by atomic mass is 32.1. The predicted octanol–water partition coefficient (Wildman–Crippen LogP) is 5.30. The molecular formula is C25H26N2O3S. The highest BCUT2D eigenvalue weighted by molar-refractivity contribution is 7.09. The Kier molecular flexibility index (Phi) is 6.77. The number of aromatic nitrogens is 1. The van der Waals surface area contributed by atoms with E-state index in [4.69, 9.17) is 4.74 Å². The standard InChI is InChI=1S/C25H26N2O3S/c1-18-23(31-17-26-18)13-14-24(28)27-15-5-6-20(16-27)25(29)19-9-11-22(12-10-19)30-21-7-3-2-4-8-21/h2-4,7-12,17,20H,5-6,13-16H2,1H3/t20-/m0/s1. The van der Waals surface area contributed by atoms with E-state index >= 15 is 0 Å². The van der Waals surface area contributed by atoms with Gasteiger partial charge < -0.3 is 9.64 Å². The van der Waals surface area contributed by atoms with Crippen LogP contribution in [0.2, 0.25) is 0 Å². The van der Waals surface area contributed by atoms with E-state index in [0.29, 0.717) is 30.7 Å². The average molecular weight is 435 g/mol. The Labute approximate surface area is 186 Å². The van der Waals surface area contributed by atoms with E-state index in [0.717, 1.165) is 35.7 Å². The smallest absolute Gasteiger partial charge is 0.222 e. The van der Waals surface area contributed by atoms with Crippen molar-refractivity contribution in [2.24, 2.45) is 5.92 Å². The second-order valence-electron chi connectivity index (χ2n) is 7.84. The minimum atomic E-state index is -0.149. The first kappa shape index (κ1) is 21.2. The lowest BCUT2D eigenvalue weighted by Gasteiger charge is -2.32. The molecule has 160 valence electrons. The quantitative estimate of drug-likeness (QED) is 0.474. The number of hydrogen-bond donors (Lipinski definition) is 0. The van der Waals surface area contributed by atoms with Crippen molar-refractivity contribution >= 4 is 23.0 Å². The molecule has 1 atom stereocenters. The first-order valence-electron chi connectivity index (χ1n) is 10.6. The minimum absolute atomic E-state index is 0.0991. The van der Waals surface area contributed by atoms with E-state index in [1.54, 1.807) is 11.3 Å². The van der Waals surface area contributed by atoms with E-state index in [1.165, 1.54) is 0 Å². The van der Waals surface area contributed by atoms with Crippen molar-refractivity contribution in [2.45, 2.75) is 32.6 Å². The lowest BCUT2D eigenvalue weighted by atomic mass is 9.89. The van der Waals surface area contributed by atoms with Gasteiger partial charge in [0.05, 0.1) is 11.2 Å². The molecule has 1 aliphatic rings. The number of aryl methyl sites for hydroxylation is 2. The van der Waals surface area contributed by atoms with Gasteiger partial charge in [-0.25, -0.2) is 4.98 Å². The maximum Gasteiger partial charge on any atom is 0.222 e. The third-order valence-electron chi connectivity index (χ3n) is 5.67. The number of thiazole rings is 1. The van der Waals surface area contributed by atoms with Gasteiger partial charge in [0.15, 0.2) is 5.78 Å². The van der Waals surface area contributed by atoms with Gasteiger partial charge in [-0.05, 0) is 62.6 Å². The molecule has 1 aromatic heterocycles. The van der Waals surface area contributed by atoms with Crippen molar-refractivity contribution < 1.29 is 14.3 Å². The van der Waals surface area contributed by atoms with Crippen LogP contribution in [0.3, 0.4) is 0 Å². The fourth-order valence-corrected chi connectivity index (χ4v) is 4.69. The van der Waals surface area contributed by atoms with Gasteiger partial charge >= 0.3 is 0 Å². The average Bonchev–Trinajstić information content (AvgIpc) is 3.23. The molecule has 0 radical (unpaired) electrons. The molecule has 0 saturated carbocycles. The van der Waals surface area contributed by atoms with Crippen LogP contribution in [-0.2, 0) is 11.2 Å². The molecule has 4 rings (SSSR count). The fraction of sp³-hybridized carbons (Fsp3) is 0.320. The first-order valence-corrected chi connectivity index (χ1v) is 11.5. The molecule has 31 heavy (non-hydrogen) atoms. The van der Waals surface area contributed by atoms with E-state index in [-0.39, 0.29) is 17.6 Å². The summed E-state index contributed by atoms with van der Waals surface area (Å²) in [7, 11) is 0. The van der Waals surface area contributed by atoms with Crippen LogP contribution in [0.5, 0.6) is 11.5 Å². The van der Waals surface area contributed by atoms with Crippen LogP contribution < -0.4 is 4.74 Å². The van der Waals surface area contributed by atoms with Gasteiger partial charge in [0.1, 0.15) is 11.5 Å². The number of nitrogens with zero attached hydrogens (tertiary/aromatic N) is 2. The first-order chi connectivity index (χ1) is 15.1. The number of carbonyl (C=O) groups is 2. The summed E-state index contributed by atoms with van der Waals surface area (Å²) in [5, 5.41) is 0. The predicted molar refractivity (Wildman–Crippen MR) is 122 cm³/mol. The summed E-state index contributed by atoms with van der Waals surface area (Å²) in [6.07, 6.45) is 2.86. The summed E-state index contributed by atoms with van der Waals surface area (Å²) in [5.41, 5.74) is 3.49. The Hall–Kier alpha value is -2.99. The van der Waals surface area contributed by atoms with Crippen molar-refractivity contribution in [3.8, 4) is 11.5 Å². The molecule has 1 amide bonds. The van der Waals surface area contributed by atoms with Gasteiger partial charge in [-0.15, -0.1) is 11.3 Å². The topological polar surface area (TPSA) is 59.5 Å². The summed E-state index contributed by atoms with van der Waals surface area (Å²) in [6, 6.07) is 16.8. The number of Topliss-reactive ketones (excluding diaryl/α,β-unsaturated/α-hetero) is 1. The van der Waals surface area contributed by atoms with E-state index < -0.39 is 0 Å². The molecule has 1 saturated heterocycles. The number of likely N-dealkylation sites (tertiary alicyclic amines) is 1. The molecule has 0 bridgehead atoms. The van der Waals surface area contributed by atoms with Crippen LogP contribution in [0.4, 0.5) is 0 Å². The second kappa shape index (κ2) is 9.88. The highest BCUT2D eigenvalue weighted by Crippen LogP contribution is 2.25. The number of rotatable bonds is 7. The van der Waals surface area contributed by atoms with Crippen molar-refractivity contribution in [3.63, 3.8) is 0 Å². The monoisotopic (exact) mass is 434 g/mol. The fourth-order valence-electron chi connectivity index (χ4n) is 3.91. The molecule has 1 fully saturated rings. The zero-order valence-electron chi connectivity index (χ0n) is 17.6.